The molecule has 5 atom stereocenters. The molecular weight excluding hydrogens is 284 g/mol. The van der Waals surface area contributed by atoms with Gasteiger partial charge in [-0.3, -0.25) is 4.79 Å². The maximum absolute atomic E-state index is 11.3. The van der Waals surface area contributed by atoms with E-state index in [0.717, 1.165) is 32.1 Å². The van der Waals surface area contributed by atoms with Crippen molar-refractivity contribution in [2.45, 2.75) is 78.3 Å². The van der Waals surface area contributed by atoms with E-state index in [-0.39, 0.29) is 42.9 Å². The maximum atomic E-state index is 11.3. The molecule has 1 aliphatic heterocycles. The van der Waals surface area contributed by atoms with Gasteiger partial charge in [-0.2, -0.15) is 0 Å². The summed E-state index contributed by atoms with van der Waals surface area (Å²) < 4.78 is 17.4. The Bertz CT molecular complexity index is 320. The first kappa shape index (κ1) is 19.4. The van der Waals surface area contributed by atoms with Crippen LogP contribution in [0.4, 0.5) is 0 Å². The summed E-state index contributed by atoms with van der Waals surface area (Å²) in [5.41, 5.74) is 0. The van der Waals surface area contributed by atoms with Crippen LogP contribution in [0.15, 0.2) is 0 Å². The fourth-order valence-electron chi connectivity index (χ4n) is 3.10. The van der Waals surface area contributed by atoms with E-state index < -0.39 is 0 Å². The molecule has 0 bridgehead atoms. The van der Waals surface area contributed by atoms with Gasteiger partial charge in [-0.05, 0) is 19.3 Å². The molecule has 0 aromatic heterocycles. The number of aliphatic hydroxyl groups excluding tert-OH is 1. The van der Waals surface area contributed by atoms with E-state index in [1.807, 2.05) is 6.92 Å². The lowest BCUT2D eigenvalue weighted by Gasteiger charge is -2.43. The molecule has 3 unspecified atom stereocenters. The molecule has 0 aliphatic carbocycles. The molecule has 1 N–H and O–H groups in total. The lowest BCUT2D eigenvalue weighted by Crippen LogP contribution is -2.51. The van der Waals surface area contributed by atoms with Crippen molar-refractivity contribution in [3.8, 4) is 0 Å². The smallest absolute Gasteiger partial charge is 0.302 e. The van der Waals surface area contributed by atoms with Gasteiger partial charge in [0.25, 0.3) is 0 Å². The zero-order valence-electron chi connectivity index (χ0n) is 14.4. The SMILES string of the molecule is CCC1O[C@@H](OCCCCCCO)C(C)C(OC(C)=O)[C@H]1C. The molecule has 1 heterocycles. The highest BCUT2D eigenvalue weighted by Gasteiger charge is 2.43. The summed E-state index contributed by atoms with van der Waals surface area (Å²) >= 11 is 0. The molecule has 0 aromatic rings. The predicted octanol–water partition coefficient (Wildman–Crippen LogP) is 2.89. The van der Waals surface area contributed by atoms with Gasteiger partial charge in [0.2, 0.25) is 0 Å². The fraction of sp³-hybridized carbons (Fsp3) is 0.941. The number of ether oxygens (including phenoxy) is 3. The predicted molar refractivity (Wildman–Crippen MR) is 84.3 cm³/mol. The van der Waals surface area contributed by atoms with Gasteiger partial charge in [-0.1, -0.05) is 33.6 Å². The molecule has 22 heavy (non-hydrogen) atoms. The van der Waals surface area contributed by atoms with Crippen molar-refractivity contribution in [1.29, 1.82) is 0 Å². The molecule has 1 saturated heterocycles. The van der Waals surface area contributed by atoms with Crippen molar-refractivity contribution in [3.63, 3.8) is 0 Å². The first-order chi connectivity index (χ1) is 10.5. The van der Waals surface area contributed by atoms with Crippen LogP contribution in [0.1, 0.15) is 59.8 Å². The van der Waals surface area contributed by atoms with Crippen LogP contribution in [0.25, 0.3) is 0 Å². The third-order valence-corrected chi connectivity index (χ3v) is 4.40. The molecule has 0 spiro atoms. The number of carbonyl (C=O) groups is 1. The number of aliphatic hydroxyl groups is 1. The molecule has 1 aliphatic rings. The van der Waals surface area contributed by atoms with Crippen LogP contribution in [0.3, 0.4) is 0 Å². The van der Waals surface area contributed by atoms with Gasteiger partial charge in [-0.15, -0.1) is 0 Å². The lowest BCUT2D eigenvalue weighted by molar-refractivity contribution is -0.265. The Morgan fingerprint density at radius 1 is 1.14 bits per heavy atom. The van der Waals surface area contributed by atoms with E-state index in [2.05, 4.69) is 13.8 Å². The number of esters is 1. The Balaban J connectivity index is 2.48. The highest BCUT2D eigenvalue weighted by Crippen LogP contribution is 2.34. The van der Waals surface area contributed by atoms with Gasteiger partial charge in [0, 0.05) is 32.0 Å². The average molecular weight is 316 g/mol. The van der Waals surface area contributed by atoms with E-state index in [9.17, 15) is 4.79 Å². The lowest BCUT2D eigenvalue weighted by atomic mass is 9.84. The quantitative estimate of drug-likeness (QED) is 0.523. The van der Waals surface area contributed by atoms with Gasteiger partial charge in [0.05, 0.1) is 6.10 Å². The fourth-order valence-corrected chi connectivity index (χ4v) is 3.10. The van der Waals surface area contributed by atoms with Crippen LogP contribution < -0.4 is 0 Å². The highest BCUT2D eigenvalue weighted by molar-refractivity contribution is 5.66. The van der Waals surface area contributed by atoms with Crippen LogP contribution in [-0.4, -0.2) is 42.8 Å². The van der Waals surface area contributed by atoms with Gasteiger partial charge in [0.15, 0.2) is 6.29 Å². The zero-order valence-corrected chi connectivity index (χ0v) is 14.4. The largest absolute Gasteiger partial charge is 0.462 e. The van der Waals surface area contributed by atoms with Crippen molar-refractivity contribution in [1.82, 2.24) is 0 Å². The second-order valence-corrected chi connectivity index (χ2v) is 6.25. The van der Waals surface area contributed by atoms with Gasteiger partial charge in [-0.25, -0.2) is 0 Å². The number of unbranched alkanes of at least 4 members (excludes halogenated alkanes) is 3. The number of hydrogen-bond donors (Lipinski definition) is 1. The van der Waals surface area contributed by atoms with Crippen LogP contribution >= 0.6 is 0 Å². The maximum Gasteiger partial charge on any atom is 0.302 e. The normalized spacial score (nSPS) is 32.0. The summed E-state index contributed by atoms with van der Waals surface area (Å²) in [4.78, 5) is 11.3. The number of carbonyl (C=O) groups excluding carboxylic acids is 1. The third kappa shape index (κ3) is 5.86. The van der Waals surface area contributed by atoms with Gasteiger partial charge in [0.1, 0.15) is 6.10 Å². The van der Waals surface area contributed by atoms with Crippen LogP contribution in [-0.2, 0) is 19.0 Å². The van der Waals surface area contributed by atoms with Crippen LogP contribution in [0.2, 0.25) is 0 Å². The second-order valence-electron chi connectivity index (χ2n) is 6.25. The zero-order chi connectivity index (χ0) is 16.5. The van der Waals surface area contributed by atoms with Crippen LogP contribution in [0.5, 0.6) is 0 Å². The Morgan fingerprint density at radius 2 is 1.82 bits per heavy atom. The van der Waals surface area contributed by atoms with Crippen molar-refractivity contribution in [3.05, 3.63) is 0 Å². The van der Waals surface area contributed by atoms with E-state index in [4.69, 9.17) is 19.3 Å². The number of rotatable bonds is 9. The molecule has 0 aromatic carbocycles. The first-order valence-corrected chi connectivity index (χ1v) is 8.56. The minimum Gasteiger partial charge on any atom is -0.462 e. The van der Waals surface area contributed by atoms with E-state index in [1.165, 1.54) is 6.92 Å². The molecule has 1 fully saturated rings. The minimum atomic E-state index is -0.316. The molecule has 130 valence electrons. The molecular formula is C17H32O5. The second kappa shape index (κ2) is 10.2. The summed E-state index contributed by atoms with van der Waals surface area (Å²) in [6, 6.07) is 0. The summed E-state index contributed by atoms with van der Waals surface area (Å²) in [5, 5.41) is 8.75. The summed E-state index contributed by atoms with van der Waals surface area (Å²) in [7, 11) is 0. The van der Waals surface area contributed by atoms with E-state index >= 15 is 0 Å². The summed E-state index contributed by atoms with van der Waals surface area (Å²) in [6.07, 6.45) is 4.33. The standard InChI is InChI=1S/C17H32O5/c1-5-15-12(2)16(21-14(4)19)13(3)17(22-15)20-11-9-7-6-8-10-18/h12-13,15-18H,5-11H2,1-4H3/t12-,13?,15?,16?,17+/m0/s1. The Hall–Kier alpha value is -0.650. The molecule has 0 radical (unpaired) electrons. The van der Waals surface area contributed by atoms with Gasteiger partial charge >= 0.3 is 5.97 Å². The minimum absolute atomic E-state index is 0.0270. The van der Waals surface area contributed by atoms with Crippen LogP contribution in [0, 0.1) is 11.8 Å². The monoisotopic (exact) mass is 316 g/mol. The summed E-state index contributed by atoms with van der Waals surface area (Å²) in [6.45, 7) is 8.51. The molecule has 0 amide bonds. The third-order valence-electron chi connectivity index (χ3n) is 4.40. The van der Waals surface area contributed by atoms with Crippen molar-refractivity contribution < 1.29 is 24.1 Å². The highest BCUT2D eigenvalue weighted by atomic mass is 16.7. The Labute approximate surface area is 134 Å². The van der Waals surface area contributed by atoms with Crippen molar-refractivity contribution >= 4 is 5.97 Å². The van der Waals surface area contributed by atoms with Gasteiger partial charge < -0.3 is 19.3 Å². The van der Waals surface area contributed by atoms with Crippen molar-refractivity contribution in [2.24, 2.45) is 11.8 Å². The molecule has 5 heteroatoms. The molecule has 1 rings (SSSR count). The Morgan fingerprint density at radius 3 is 2.41 bits per heavy atom. The summed E-state index contributed by atoms with van der Waals surface area (Å²) in [5.74, 6) is -0.0457. The average Bonchev–Trinajstić information content (AvgIpc) is 2.48. The topological polar surface area (TPSA) is 65.0 Å². The van der Waals surface area contributed by atoms with Crippen molar-refractivity contribution in [2.75, 3.05) is 13.2 Å². The molecule has 5 nitrogen and oxygen atoms in total. The Kier molecular flexibility index (Phi) is 8.98. The first-order valence-electron chi connectivity index (χ1n) is 8.56. The molecule has 0 saturated carbocycles. The number of hydrogen-bond acceptors (Lipinski definition) is 5. The van der Waals surface area contributed by atoms with E-state index in [1.54, 1.807) is 0 Å². The van der Waals surface area contributed by atoms with E-state index in [0.29, 0.717) is 6.61 Å².